The molecule has 0 heterocycles. The van der Waals surface area contributed by atoms with E-state index in [0.29, 0.717) is 30.9 Å². The summed E-state index contributed by atoms with van der Waals surface area (Å²) < 4.78 is 16.8. The van der Waals surface area contributed by atoms with Crippen LogP contribution in [0, 0.1) is 19.3 Å². The number of ether oxygens (including phenoxy) is 3. The number of benzene rings is 2. The first-order valence-corrected chi connectivity index (χ1v) is 10.6. The van der Waals surface area contributed by atoms with E-state index >= 15 is 0 Å². The molecular formula is C26H33NO4. The molecule has 31 heavy (non-hydrogen) atoms. The maximum Gasteiger partial charge on any atom is 0.249 e. The fourth-order valence-corrected chi connectivity index (χ4v) is 3.15. The molecule has 1 amide bonds. The molecule has 5 heteroatoms. The number of terminal acetylenes is 1. The van der Waals surface area contributed by atoms with Crippen molar-refractivity contribution in [1.29, 1.82) is 0 Å². The van der Waals surface area contributed by atoms with Crippen molar-refractivity contribution in [3.8, 4) is 23.8 Å². The number of hydrogen-bond acceptors (Lipinski definition) is 4. The predicted molar refractivity (Wildman–Crippen MR) is 124 cm³/mol. The summed E-state index contributed by atoms with van der Waals surface area (Å²) in [4.78, 5) is 12.7. The topological polar surface area (TPSA) is 56.8 Å². The quantitative estimate of drug-likeness (QED) is 0.522. The summed E-state index contributed by atoms with van der Waals surface area (Å²) in [5.74, 6) is 3.70. The smallest absolute Gasteiger partial charge is 0.249 e. The molecule has 166 valence electrons. The molecule has 1 N–H and O–H groups in total. The average molecular weight is 424 g/mol. The highest BCUT2D eigenvalue weighted by molar-refractivity contribution is 5.80. The molecule has 0 aromatic heterocycles. The first-order valence-electron chi connectivity index (χ1n) is 10.6. The van der Waals surface area contributed by atoms with Gasteiger partial charge >= 0.3 is 0 Å². The van der Waals surface area contributed by atoms with Crippen LogP contribution in [0.3, 0.4) is 0 Å². The molecule has 1 atom stereocenters. The van der Waals surface area contributed by atoms with Crippen LogP contribution in [0.1, 0.15) is 37.0 Å². The molecule has 5 nitrogen and oxygen atoms in total. The van der Waals surface area contributed by atoms with Crippen LogP contribution in [0.25, 0.3) is 0 Å². The van der Waals surface area contributed by atoms with Gasteiger partial charge < -0.3 is 19.5 Å². The molecule has 2 aromatic carbocycles. The first kappa shape index (κ1) is 24.3. The van der Waals surface area contributed by atoms with Gasteiger partial charge in [0.05, 0.1) is 13.2 Å². The SMILES string of the molecule is C#CCOC(CCc1ccc(C)cc1)C(=O)NCCc1ccc(OC(C)C)c(OC)c1. The van der Waals surface area contributed by atoms with Gasteiger partial charge in [-0.15, -0.1) is 6.42 Å². The van der Waals surface area contributed by atoms with Crippen molar-refractivity contribution >= 4 is 5.91 Å². The molecule has 0 aliphatic rings. The van der Waals surface area contributed by atoms with Crippen molar-refractivity contribution in [3.63, 3.8) is 0 Å². The number of rotatable bonds is 12. The van der Waals surface area contributed by atoms with Gasteiger partial charge in [-0.05, 0) is 63.3 Å². The second-order valence-electron chi connectivity index (χ2n) is 7.72. The second-order valence-corrected chi connectivity index (χ2v) is 7.72. The van der Waals surface area contributed by atoms with E-state index < -0.39 is 6.10 Å². The molecule has 0 spiro atoms. The lowest BCUT2D eigenvalue weighted by atomic mass is 10.0. The third-order valence-electron chi connectivity index (χ3n) is 4.78. The summed E-state index contributed by atoms with van der Waals surface area (Å²) in [6, 6.07) is 14.1. The molecular weight excluding hydrogens is 390 g/mol. The summed E-state index contributed by atoms with van der Waals surface area (Å²) in [6.07, 6.45) is 6.80. The Kier molecular flexibility index (Phi) is 9.93. The molecule has 0 saturated carbocycles. The second kappa shape index (κ2) is 12.7. The zero-order chi connectivity index (χ0) is 22.6. The Bertz CT molecular complexity index is 868. The van der Waals surface area contributed by atoms with Crippen LogP contribution >= 0.6 is 0 Å². The van der Waals surface area contributed by atoms with Gasteiger partial charge in [0.2, 0.25) is 5.91 Å². The van der Waals surface area contributed by atoms with Crippen LogP contribution in [0.4, 0.5) is 0 Å². The van der Waals surface area contributed by atoms with E-state index in [-0.39, 0.29) is 18.6 Å². The zero-order valence-electron chi connectivity index (χ0n) is 18.9. The van der Waals surface area contributed by atoms with Crippen LogP contribution in [0.15, 0.2) is 42.5 Å². The minimum atomic E-state index is -0.575. The Morgan fingerprint density at radius 3 is 2.42 bits per heavy atom. The first-order chi connectivity index (χ1) is 14.9. The van der Waals surface area contributed by atoms with Gasteiger partial charge in [0, 0.05) is 6.54 Å². The summed E-state index contributed by atoms with van der Waals surface area (Å²) in [6.45, 7) is 6.60. The van der Waals surface area contributed by atoms with E-state index in [2.05, 4.69) is 42.4 Å². The minimum Gasteiger partial charge on any atom is -0.493 e. The molecule has 2 aromatic rings. The van der Waals surface area contributed by atoms with Gasteiger partial charge in [0.1, 0.15) is 12.7 Å². The highest BCUT2D eigenvalue weighted by Crippen LogP contribution is 2.29. The highest BCUT2D eigenvalue weighted by Gasteiger charge is 2.18. The molecule has 0 bridgehead atoms. The van der Waals surface area contributed by atoms with Crippen LogP contribution in [0.2, 0.25) is 0 Å². The predicted octanol–water partition coefficient (Wildman–Crippen LogP) is 4.10. The van der Waals surface area contributed by atoms with E-state index in [0.717, 1.165) is 12.0 Å². The number of aryl methyl sites for hydroxylation is 2. The third kappa shape index (κ3) is 8.35. The summed E-state index contributed by atoms with van der Waals surface area (Å²) >= 11 is 0. The number of hydrogen-bond donors (Lipinski definition) is 1. The Morgan fingerprint density at radius 2 is 1.77 bits per heavy atom. The molecule has 0 aliphatic carbocycles. The van der Waals surface area contributed by atoms with Crippen LogP contribution in [0.5, 0.6) is 11.5 Å². The largest absolute Gasteiger partial charge is 0.493 e. The standard InChI is InChI=1S/C26H33NO4/c1-6-17-30-24(14-11-21-9-7-20(4)8-10-21)26(28)27-16-15-22-12-13-23(31-19(2)3)25(18-22)29-5/h1,7-10,12-13,18-19,24H,11,14-17H2,2-5H3,(H,27,28). The fraction of sp³-hybridized carbons (Fsp3) is 0.423. The van der Waals surface area contributed by atoms with E-state index in [1.54, 1.807) is 7.11 Å². The number of amides is 1. The number of carbonyl (C=O) groups is 1. The van der Waals surface area contributed by atoms with Gasteiger partial charge in [-0.3, -0.25) is 4.79 Å². The van der Waals surface area contributed by atoms with Gasteiger partial charge in [-0.25, -0.2) is 0 Å². The lowest BCUT2D eigenvalue weighted by Gasteiger charge is -2.17. The Morgan fingerprint density at radius 1 is 1.06 bits per heavy atom. The maximum atomic E-state index is 12.7. The lowest BCUT2D eigenvalue weighted by Crippen LogP contribution is -2.38. The monoisotopic (exact) mass is 423 g/mol. The molecule has 0 fully saturated rings. The number of carbonyl (C=O) groups excluding carboxylic acids is 1. The molecule has 0 saturated heterocycles. The average Bonchev–Trinajstić information content (AvgIpc) is 2.75. The third-order valence-corrected chi connectivity index (χ3v) is 4.78. The van der Waals surface area contributed by atoms with Gasteiger partial charge in [-0.1, -0.05) is 41.8 Å². The zero-order valence-corrected chi connectivity index (χ0v) is 18.9. The lowest BCUT2D eigenvalue weighted by molar-refractivity contribution is -0.132. The highest BCUT2D eigenvalue weighted by atomic mass is 16.5. The molecule has 2 rings (SSSR count). The van der Waals surface area contributed by atoms with Gasteiger partial charge in [-0.2, -0.15) is 0 Å². The molecule has 0 radical (unpaired) electrons. The minimum absolute atomic E-state index is 0.0684. The summed E-state index contributed by atoms with van der Waals surface area (Å²) in [7, 11) is 1.62. The van der Waals surface area contributed by atoms with Crippen molar-refractivity contribution in [1.82, 2.24) is 5.32 Å². The van der Waals surface area contributed by atoms with Gasteiger partial charge in [0.25, 0.3) is 0 Å². The van der Waals surface area contributed by atoms with Gasteiger partial charge in [0.15, 0.2) is 11.5 Å². The Labute approximate surface area is 186 Å². The Balaban J connectivity index is 1.89. The fourth-order valence-electron chi connectivity index (χ4n) is 3.15. The number of methoxy groups -OCH3 is 1. The summed E-state index contributed by atoms with van der Waals surface area (Å²) in [5, 5.41) is 2.97. The molecule has 0 aliphatic heterocycles. The van der Waals surface area contributed by atoms with E-state index in [1.165, 1.54) is 11.1 Å². The van der Waals surface area contributed by atoms with Crippen LogP contribution in [-0.4, -0.2) is 38.4 Å². The summed E-state index contributed by atoms with van der Waals surface area (Å²) in [5.41, 5.74) is 3.43. The maximum absolute atomic E-state index is 12.7. The van der Waals surface area contributed by atoms with Crippen molar-refractivity contribution in [3.05, 3.63) is 59.2 Å². The normalized spacial score (nSPS) is 11.6. The van der Waals surface area contributed by atoms with Crippen LogP contribution in [-0.2, 0) is 22.4 Å². The van der Waals surface area contributed by atoms with Crippen molar-refractivity contribution in [2.75, 3.05) is 20.3 Å². The Hall–Kier alpha value is -2.97. The number of nitrogens with one attached hydrogen (secondary N) is 1. The van der Waals surface area contributed by atoms with Crippen molar-refractivity contribution in [2.24, 2.45) is 0 Å². The van der Waals surface area contributed by atoms with E-state index in [9.17, 15) is 4.79 Å². The van der Waals surface area contributed by atoms with E-state index in [1.807, 2.05) is 32.0 Å². The van der Waals surface area contributed by atoms with Crippen LogP contribution < -0.4 is 14.8 Å². The van der Waals surface area contributed by atoms with Crippen molar-refractivity contribution < 1.29 is 19.0 Å². The van der Waals surface area contributed by atoms with E-state index in [4.69, 9.17) is 20.6 Å². The molecule has 1 unspecified atom stereocenters. The van der Waals surface area contributed by atoms with Crippen molar-refractivity contribution in [2.45, 2.75) is 52.2 Å².